The lowest BCUT2D eigenvalue weighted by Gasteiger charge is -2.08. The molecule has 0 radical (unpaired) electrons. The summed E-state index contributed by atoms with van der Waals surface area (Å²) in [6.07, 6.45) is 1.10. The van der Waals surface area contributed by atoms with Crippen molar-refractivity contribution in [3.05, 3.63) is 94.0 Å². The van der Waals surface area contributed by atoms with Crippen molar-refractivity contribution >= 4 is 40.3 Å². The van der Waals surface area contributed by atoms with Crippen LogP contribution in [0.1, 0.15) is 15.9 Å². The molecule has 0 spiro atoms. The number of para-hydroxylation sites is 2. The fourth-order valence-electron chi connectivity index (χ4n) is 3.47. The van der Waals surface area contributed by atoms with E-state index in [1.807, 2.05) is 6.07 Å². The number of phenols is 1. The van der Waals surface area contributed by atoms with Gasteiger partial charge in [0.25, 0.3) is 11.6 Å². The van der Waals surface area contributed by atoms with Crippen molar-refractivity contribution in [2.24, 2.45) is 4.99 Å². The third kappa shape index (κ3) is 4.46. The number of phenolic OH excluding ortho intramolecular Hbond substituents is 1. The number of rotatable bonds is 6. The van der Waals surface area contributed by atoms with Crippen LogP contribution in [0.15, 0.2) is 77.8 Å². The monoisotopic (exact) mass is 458 g/mol. The molecule has 0 fully saturated rings. The second kappa shape index (κ2) is 9.25. The van der Waals surface area contributed by atoms with Gasteiger partial charge in [0.15, 0.2) is 0 Å². The number of aromatic nitrogens is 1. The number of nitrogens with one attached hydrogen (secondary N) is 1. The van der Waals surface area contributed by atoms with Crippen molar-refractivity contribution in [2.45, 2.75) is 6.54 Å². The summed E-state index contributed by atoms with van der Waals surface area (Å²) in [7, 11) is 0. The lowest BCUT2D eigenvalue weighted by molar-refractivity contribution is -0.384. The number of anilines is 1. The van der Waals surface area contributed by atoms with Gasteiger partial charge in [0.1, 0.15) is 12.3 Å². The third-order valence-corrected chi connectivity index (χ3v) is 5.07. The Morgan fingerprint density at radius 3 is 2.47 bits per heavy atom. The molecule has 0 aliphatic rings. The summed E-state index contributed by atoms with van der Waals surface area (Å²) in [6.45, 7) is -0.200. The summed E-state index contributed by atoms with van der Waals surface area (Å²) in [5.41, 5.74) is 0.598. The molecule has 0 unspecified atom stereocenters. The highest BCUT2D eigenvalue weighted by Crippen LogP contribution is 2.30. The van der Waals surface area contributed by atoms with Gasteiger partial charge >= 0.3 is 0 Å². The van der Waals surface area contributed by atoms with E-state index in [4.69, 9.17) is 0 Å². The molecule has 1 heterocycles. The van der Waals surface area contributed by atoms with Gasteiger partial charge in [-0.05, 0) is 24.3 Å². The molecule has 3 N–H and O–H groups in total. The van der Waals surface area contributed by atoms with Gasteiger partial charge in [-0.15, -0.1) is 0 Å². The maximum atomic E-state index is 12.5. The standard InChI is InChI=1S/C24H18N4O6/c29-21-11-10-16(28(33)34)12-18(21)23(31)25-13-19-17-8-4-5-9-20(17)27(24(19)32)14-22(30)26-15-6-2-1-3-7-15/h1-13,29,32H,14H2,(H,26,30). The highest BCUT2D eigenvalue weighted by Gasteiger charge is 2.19. The zero-order chi connectivity index (χ0) is 24.2. The first-order chi connectivity index (χ1) is 16.3. The Bertz CT molecular complexity index is 1440. The Balaban J connectivity index is 1.65. The molecule has 34 heavy (non-hydrogen) atoms. The molecule has 0 bridgehead atoms. The molecule has 10 nitrogen and oxygen atoms in total. The summed E-state index contributed by atoms with van der Waals surface area (Å²) in [5.74, 6) is -2.05. The highest BCUT2D eigenvalue weighted by molar-refractivity contribution is 6.09. The summed E-state index contributed by atoms with van der Waals surface area (Å²) in [6, 6.07) is 18.7. The molecule has 4 aromatic rings. The van der Waals surface area contributed by atoms with Crippen LogP contribution in [0.4, 0.5) is 11.4 Å². The maximum Gasteiger partial charge on any atom is 0.280 e. The number of amides is 2. The van der Waals surface area contributed by atoms with Crippen molar-refractivity contribution in [2.75, 3.05) is 5.32 Å². The average Bonchev–Trinajstić information content (AvgIpc) is 3.09. The predicted octanol–water partition coefficient (Wildman–Crippen LogP) is 3.86. The molecule has 0 atom stereocenters. The quantitative estimate of drug-likeness (QED) is 0.227. The first-order valence-corrected chi connectivity index (χ1v) is 10.1. The van der Waals surface area contributed by atoms with Crippen molar-refractivity contribution < 1.29 is 24.7 Å². The minimum Gasteiger partial charge on any atom is -0.507 e. The largest absolute Gasteiger partial charge is 0.507 e. The summed E-state index contributed by atoms with van der Waals surface area (Å²) >= 11 is 0. The fourth-order valence-corrected chi connectivity index (χ4v) is 3.47. The van der Waals surface area contributed by atoms with Gasteiger partial charge in [-0.3, -0.25) is 19.7 Å². The van der Waals surface area contributed by atoms with Gasteiger partial charge < -0.3 is 20.1 Å². The second-order valence-electron chi connectivity index (χ2n) is 7.28. The lowest BCUT2D eigenvalue weighted by Crippen LogP contribution is -2.18. The third-order valence-electron chi connectivity index (χ3n) is 5.07. The first kappa shape index (κ1) is 22.2. The van der Waals surface area contributed by atoms with Gasteiger partial charge in [0, 0.05) is 29.4 Å². The van der Waals surface area contributed by atoms with Crippen LogP contribution < -0.4 is 5.32 Å². The zero-order valence-electron chi connectivity index (χ0n) is 17.6. The summed E-state index contributed by atoms with van der Waals surface area (Å²) < 4.78 is 1.38. The van der Waals surface area contributed by atoms with E-state index in [-0.39, 0.29) is 35.1 Å². The SMILES string of the molecule is O=C(Cn1c(O)c(C=NC(=O)c2cc([N+](=O)[O-])ccc2O)c2ccccc21)Nc1ccccc1. The van der Waals surface area contributed by atoms with Gasteiger partial charge in [-0.25, -0.2) is 4.99 Å². The molecule has 2 amide bonds. The summed E-state index contributed by atoms with van der Waals surface area (Å²) in [5, 5.41) is 35.0. The second-order valence-corrected chi connectivity index (χ2v) is 7.28. The number of hydrogen-bond donors (Lipinski definition) is 3. The molecule has 0 saturated carbocycles. The number of non-ortho nitro benzene ring substituents is 1. The number of nitro benzene ring substituents is 1. The van der Waals surface area contributed by atoms with Crippen LogP contribution in [0.25, 0.3) is 10.9 Å². The molecular formula is C24H18N4O6. The van der Waals surface area contributed by atoms with Gasteiger partial charge in [-0.2, -0.15) is 0 Å². The normalized spacial score (nSPS) is 11.1. The first-order valence-electron chi connectivity index (χ1n) is 10.1. The van der Waals surface area contributed by atoms with Crippen LogP contribution in [-0.2, 0) is 11.3 Å². The number of aliphatic imine (C=N–C) groups is 1. The number of nitrogens with zero attached hydrogens (tertiary/aromatic N) is 3. The van der Waals surface area contributed by atoms with E-state index in [9.17, 15) is 29.9 Å². The van der Waals surface area contributed by atoms with E-state index in [1.54, 1.807) is 48.5 Å². The van der Waals surface area contributed by atoms with Crippen LogP contribution in [0.2, 0.25) is 0 Å². The van der Waals surface area contributed by atoms with E-state index < -0.39 is 16.6 Å². The zero-order valence-corrected chi connectivity index (χ0v) is 17.6. The number of carbonyl (C=O) groups excluding carboxylic acids is 2. The van der Waals surface area contributed by atoms with E-state index in [2.05, 4.69) is 10.3 Å². The van der Waals surface area contributed by atoms with Crippen LogP contribution in [-0.4, -0.2) is 37.7 Å². The Labute approximate surface area is 192 Å². The average molecular weight is 458 g/mol. The van der Waals surface area contributed by atoms with Gasteiger partial charge in [0.05, 0.1) is 21.6 Å². The molecule has 170 valence electrons. The minimum absolute atomic E-state index is 0.182. The van der Waals surface area contributed by atoms with Crippen molar-refractivity contribution in [3.63, 3.8) is 0 Å². The molecule has 1 aromatic heterocycles. The van der Waals surface area contributed by atoms with E-state index >= 15 is 0 Å². The Morgan fingerprint density at radius 1 is 1.03 bits per heavy atom. The number of hydrogen-bond acceptors (Lipinski definition) is 6. The van der Waals surface area contributed by atoms with Crippen molar-refractivity contribution in [3.8, 4) is 11.6 Å². The minimum atomic E-state index is -0.931. The van der Waals surface area contributed by atoms with Crippen molar-refractivity contribution in [1.82, 2.24) is 4.57 Å². The molecule has 3 aromatic carbocycles. The number of carbonyl (C=O) groups is 2. The Hall–Kier alpha value is -4.99. The molecule has 0 aliphatic carbocycles. The summed E-state index contributed by atoms with van der Waals surface area (Å²) in [4.78, 5) is 39.1. The fraction of sp³-hybridized carbons (Fsp3) is 0.0417. The Morgan fingerprint density at radius 2 is 1.74 bits per heavy atom. The van der Waals surface area contributed by atoms with Crippen LogP contribution in [0, 0.1) is 10.1 Å². The maximum absolute atomic E-state index is 12.5. The van der Waals surface area contributed by atoms with Crippen molar-refractivity contribution in [1.29, 1.82) is 0 Å². The molecule has 10 heteroatoms. The smallest absolute Gasteiger partial charge is 0.280 e. The molecule has 0 saturated heterocycles. The van der Waals surface area contributed by atoms with Crippen LogP contribution in [0.3, 0.4) is 0 Å². The number of aromatic hydroxyl groups is 2. The topological polar surface area (TPSA) is 147 Å². The highest BCUT2D eigenvalue weighted by atomic mass is 16.6. The van der Waals surface area contributed by atoms with Gasteiger partial charge in [0.2, 0.25) is 11.8 Å². The Kier molecular flexibility index (Phi) is 6.04. The van der Waals surface area contributed by atoms with Gasteiger partial charge in [-0.1, -0.05) is 36.4 Å². The molecule has 0 aliphatic heterocycles. The number of fused-ring (bicyclic) bond motifs is 1. The van der Waals surface area contributed by atoms with E-state index in [0.29, 0.717) is 16.6 Å². The molecule has 4 rings (SSSR count). The molecular weight excluding hydrogens is 440 g/mol. The van der Waals surface area contributed by atoms with E-state index in [0.717, 1.165) is 24.4 Å². The van der Waals surface area contributed by atoms with Crippen LogP contribution in [0.5, 0.6) is 11.6 Å². The lowest BCUT2D eigenvalue weighted by atomic mass is 10.1. The number of nitro groups is 1. The van der Waals surface area contributed by atoms with Crippen LogP contribution >= 0.6 is 0 Å². The number of benzene rings is 3. The van der Waals surface area contributed by atoms with E-state index in [1.165, 1.54) is 4.57 Å². The predicted molar refractivity (Wildman–Crippen MR) is 125 cm³/mol.